The summed E-state index contributed by atoms with van der Waals surface area (Å²) < 4.78 is 5.96. The van der Waals surface area contributed by atoms with E-state index in [1.54, 1.807) is 0 Å². The lowest BCUT2D eigenvalue weighted by atomic mass is 9.60. The summed E-state index contributed by atoms with van der Waals surface area (Å²) in [6.45, 7) is 5.09. The van der Waals surface area contributed by atoms with Gasteiger partial charge >= 0.3 is 0 Å². The minimum atomic E-state index is 0.387. The van der Waals surface area contributed by atoms with Crippen LogP contribution in [0.5, 0.6) is 0 Å². The minimum absolute atomic E-state index is 0.387. The van der Waals surface area contributed by atoms with Crippen molar-refractivity contribution in [3.63, 3.8) is 0 Å². The fraction of sp³-hybridized carbons (Fsp3) is 0.688. The number of hydrogen-bond acceptors (Lipinski definition) is 3. The number of anilines is 1. The molecule has 19 heavy (non-hydrogen) atoms. The lowest BCUT2D eigenvalue weighted by molar-refractivity contribution is -0.114. The monoisotopic (exact) mass is 260 g/mol. The fourth-order valence-corrected chi connectivity index (χ4v) is 3.89. The van der Waals surface area contributed by atoms with Gasteiger partial charge in [0.05, 0.1) is 18.0 Å². The number of hydrogen-bond donors (Lipinski definition) is 1. The second-order valence-corrected chi connectivity index (χ2v) is 6.01. The Bertz CT molecular complexity index is 440. The molecule has 2 aliphatic carbocycles. The van der Waals surface area contributed by atoms with E-state index < -0.39 is 0 Å². The quantitative estimate of drug-likeness (QED) is 0.899. The highest BCUT2D eigenvalue weighted by Gasteiger charge is 2.56. The first-order chi connectivity index (χ1) is 9.26. The number of aromatic nitrogens is 1. The van der Waals surface area contributed by atoms with E-state index in [9.17, 15) is 0 Å². The van der Waals surface area contributed by atoms with Gasteiger partial charge in [-0.1, -0.05) is 12.8 Å². The van der Waals surface area contributed by atoms with Gasteiger partial charge in [0.25, 0.3) is 0 Å². The SMILES string of the molecule is CCOC1CC(Nc2cnccc2C)C12CCCC2. The van der Waals surface area contributed by atoms with Gasteiger partial charge in [0.1, 0.15) is 0 Å². The Hall–Kier alpha value is -1.09. The van der Waals surface area contributed by atoms with E-state index >= 15 is 0 Å². The van der Waals surface area contributed by atoms with Crippen LogP contribution in [0.15, 0.2) is 18.5 Å². The van der Waals surface area contributed by atoms with Crippen molar-refractivity contribution in [2.24, 2.45) is 5.41 Å². The predicted octanol–water partition coefficient (Wildman–Crippen LogP) is 3.54. The number of pyridine rings is 1. The molecule has 3 nitrogen and oxygen atoms in total. The highest BCUT2D eigenvalue weighted by Crippen LogP contribution is 2.55. The van der Waals surface area contributed by atoms with Crippen molar-refractivity contribution >= 4 is 5.69 Å². The van der Waals surface area contributed by atoms with E-state index in [1.807, 2.05) is 12.4 Å². The molecule has 1 aromatic heterocycles. The fourth-order valence-electron chi connectivity index (χ4n) is 3.89. The van der Waals surface area contributed by atoms with Crippen molar-refractivity contribution in [2.45, 2.75) is 58.1 Å². The largest absolute Gasteiger partial charge is 0.380 e. The second kappa shape index (κ2) is 5.12. The molecule has 0 aliphatic heterocycles. The van der Waals surface area contributed by atoms with E-state index in [1.165, 1.54) is 36.9 Å². The number of rotatable bonds is 4. The van der Waals surface area contributed by atoms with Gasteiger partial charge in [0.2, 0.25) is 0 Å². The van der Waals surface area contributed by atoms with Gasteiger partial charge in [0.15, 0.2) is 0 Å². The van der Waals surface area contributed by atoms with Crippen LogP contribution in [0.25, 0.3) is 0 Å². The molecule has 0 radical (unpaired) electrons. The zero-order valence-corrected chi connectivity index (χ0v) is 12.0. The van der Waals surface area contributed by atoms with Crippen LogP contribution in [-0.2, 0) is 4.74 Å². The number of nitrogens with one attached hydrogen (secondary N) is 1. The molecule has 2 fully saturated rings. The lowest BCUT2D eigenvalue weighted by Crippen LogP contribution is -2.60. The third-order valence-electron chi connectivity index (χ3n) is 5.06. The van der Waals surface area contributed by atoms with Gasteiger partial charge in [0, 0.05) is 24.3 Å². The Labute approximate surface area is 115 Å². The first-order valence-electron chi connectivity index (χ1n) is 7.55. The molecule has 0 bridgehead atoms. The highest BCUT2D eigenvalue weighted by atomic mass is 16.5. The maximum Gasteiger partial charge on any atom is 0.0670 e. The van der Waals surface area contributed by atoms with Crippen LogP contribution in [0, 0.1) is 12.3 Å². The summed E-state index contributed by atoms with van der Waals surface area (Å²) in [7, 11) is 0. The molecule has 1 heterocycles. The van der Waals surface area contributed by atoms with E-state index in [0.717, 1.165) is 13.0 Å². The maximum absolute atomic E-state index is 5.96. The zero-order valence-electron chi connectivity index (χ0n) is 12.0. The van der Waals surface area contributed by atoms with E-state index in [-0.39, 0.29) is 0 Å². The molecular weight excluding hydrogens is 236 g/mol. The van der Waals surface area contributed by atoms with Gasteiger partial charge in [-0.15, -0.1) is 0 Å². The molecule has 2 atom stereocenters. The molecular formula is C16H24N2O. The van der Waals surface area contributed by atoms with E-state index in [0.29, 0.717) is 17.6 Å². The third-order valence-corrected chi connectivity index (χ3v) is 5.06. The summed E-state index contributed by atoms with van der Waals surface area (Å²) >= 11 is 0. The number of ether oxygens (including phenoxy) is 1. The van der Waals surface area contributed by atoms with Crippen molar-refractivity contribution < 1.29 is 4.74 Å². The second-order valence-electron chi connectivity index (χ2n) is 6.01. The first kappa shape index (κ1) is 12.9. The van der Waals surface area contributed by atoms with Crippen LogP contribution in [0.1, 0.15) is 44.6 Å². The summed E-state index contributed by atoms with van der Waals surface area (Å²) in [5, 5.41) is 3.73. The van der Waals surface area contributed by atoms with E-state index in [4.69, 9.17) is 4.74 Å². The van der Waals surface area contributed by atoms with E-state index in [2.05, 4.69) is 30.2 Å². The van der Waals surface area contributed by atoms with Crippen LogP contribution in [0.2, 0.25) is 0 Å². The number of nitrogens with zero attached hydrogens (tertiary/aromatic N) is 1. The zero-order chi connectivity index (χ0) is 13.3. The van der Waals surface area contributed by atoms with Crippen molar-refractivity contribution in [1.82, 2.24) is 4.98 Å². The summed E-state index contributed by atoms with van der Waals surface area (Å²) in [5.74, 6) is 0. The molecule has 2 saturated carbocycles. The van der Waals surface area contributed by atoms with Crippen LogP contribution >= 0.6 is 0 Å². The molecule has 104 valence electrons. The Morgan fingerprint density at radius 2 is 2.21 bits per heavy atom. The Morgan fingerprint density at radius 1 is 1.42 bits per heavy atom. The van der Waals surface area contributed by atoms with Crippen molar-refractivity contribution in [3.8, 4) is 0 Å². The standard InChI is InChI=1S/C16H24N2O/c1-3-19-15-10-14(16(15)7-4-5-8-16)18-13-11-17-9-6-12(13)2/h6,9,11,14-15,18H,3-5,7-8,10H2,1-2H3. The predicted molar refractivity (Wildman–Crippen MR) is 77.3 cm³/mol. The van der Waals surface area contributed by atoms with Gasteiger partial charge in [-0.05, 0) is 44.7 Å². The molecule has 3 rings (SSSR count). The van der Waals surface area contributed by atoms with Crippen molar-refractivity contribution in [2.75, 3.05) is 11.9 Å². The summed E-state index contributed by atoms with van der Waals surface area (Å²) in [5.41, 5.74) is 2.86. The molecule has 0 aromatic carbocycles. The lowest BCUT2D eigenvalue weighted by Gasteiger charge is -2.54. The van der Waals surface area contributed by atoms with Crippen LogP contribution < -0.4 is 5.32 Å². The summed E-state index contributed by atoms with van der Waals surface area (Å²) in [6.07, 6.45) is 10.8. The Morgan fingerprint density at radius 3 is 2.89 bits per heavy atom. The molecule has 1 N–H and O–H groups in total. The van der Waals surface area contributed by atoms with Crippen molar-refractivity contribution in [1.29, 1.82) is 0 Å². The van der Waals surface area contributed by atoms with Crippen LogP contribution in [-0.4, -0.2) is 23.7 Å². The van der Waals surface area contributed by atoms with Crippen LogP contribution in [0.4, 0.5) is 5.69 Å². The normalized spacial score (nSPS) is 28.3. The summed E-state index contributed by atoms with van der Waals surface area (Å²) in [4.78, 5) is 4.23. The topological polar surface area (TPSA) is 34.1 Å². The highest BCUT2D eigenvalue weighted by molar-refractivity contribution is 5.50. The van der Waals surface area contributed by atoms with Gasteiger partial charge in [-0.3, -0.25) is 4.98 Å². The molecule has 2 aliphatic rings. The molecule has 1 aromatic rings. The Balaban J connectivity index is 1.74. The average Bonchev–Trinajstić information content (AvgIpc) is 2.92. The molecule has 1 spiro atoms. The van der Waals surface area contributed by atoms with Crippen molar-refractivity contribution in [3.05, 3.63) is 24.0 Å². The number of aryl methyl sites for hydroxylation is 1. The smallest absolute Gasteiger partial charge is 0.0670 e. The molecule has 2 unspecified atom stereocenters. The maximum atomic E-state index is 5.96. The van der Waals surface area contributed by atoms with Gasteiger partial charge < -0.3 is 10.1 Å². The average molecular weight is 260 g/mol. The van der Waals surface area contributed by atoms with Gasteiger partial charge in [-0.25, -0.2) is 0 Å². The van der Waals surface area contributed by atoms with Gasteiger partial charge in [-0.2, -0.15) is 0 Å². The van der Waals surface area contributed by atoms with Crippen LogP contribution in [0.3, 0.4) is 0 Å². The molecule has 0 amide bonds. The Kier molecular flexibility index (Phi) is 3.48. The summed E-state index contributed by atoms with van der Waals surface area (Å²) in [6, 6.07) is 2.64. The molecule has 0 saturated heterocycles. The first-order valence-corrected chi connectivity index (χ1v) is 7.55. The minimum Gasteiger partial charge on any atom is -0.380 e. The third kappa shape index (κ3) is 2.14. The molecule has 3 heteroatoms.